The molecule has 0 bridgehead atoms. The molecule has 1 atom stereocenters. The summed E-state index contributed by atoms with van der Waals surface area (Å²) in [6, 6.07) is 0. The number of allylic oxidation sites excluding steroid dienone is 15. The van der Waals surface area contributed by atoms with E-state index in [4.69, 9.17) is 14.2 Å². The van der Waals surface area contributed by atoms with E-state index in [-0.39, 0.29) is 31.6 Å². The first-order valence-electron chi connectivity index (χ1n) is 24.8. The van der Waals surface area contributed by atoms with Crippen molar-refractivity contribution in [3.63, 3.8) is 0 Å². The Morgan fingerprint density at radius 1 is 0.400 bits per heavy atom. The van der Waals surface area contributed by atoms with Crippen LogP contribution in [0, 0.1) is 0 Å². The van der Waals surface area contributed by atoms with Crippen molar-refractivity contribution in [1.82, 2.24) is 0 Å². The fourth-order valence-electron chi connectivity index (χ4n) is 6.54. The maximum absolute atomic E-state index is 12.7. The van der Waals surface area contributed by atoms with E-state index in [1.54, 1.807) is 0 Å². The molecule has 5 heteroatoms. The molecule has 60 heavy (non-hydrogen) atoms. The fraction of sp³-hybridized carbons (Fsp3) is 0.673. The largest absolute Gasteiger partial charge is 0.461 e. The number of ether oxygens (including phenoxy) is 3. The second-order valence-electron chi connectivity index (χ2n) is 16.0. The van der Waals surface area contributed by atoms with E-state index in [2.05, 4.69) is 106 Å². The molecule has 0 aliphatic heterocycles. The number of rotatable bonds is 44. The number of carbonyl (C=O) groups excluding carboxylic acids is 2. The average Bonchev–Trinajstić information content (AvgIpc) is 3.25. The van der Waals surface area contributed by atoms with Gasteiger partial charge in [0.15, 0.2) is 6.10 Å². The highest BCUT2D eigenvalue weighted by Crippen LogP contribution is 2.14. The van der Waals surface area contributed by atoms with Crippen LogP contribution in [0.15, 0.2) is 97.2 Å². The van der Waals surface area contributed by atoms with E-state index >= 15 is 0 Å². The van der Waals surface area contributed by atoms with Gasteiger partial charge in [-0.25, -0.2) is 0 Å². The number of hydrogen-bond acceptors (Lipinski definition) is 5. The Bertz CT molecular complexity index is 1170. The molecule has 0 amide bonds. The Kier molecular flexibility index (Phi) is 47.5. The number of hydrogen-bond donors (Lipinski definition) is 0. The van der Waals surface area contributed by atoms with Gasteiger partial charge in [-0.2, -0.15) is 0 Å². The smallest absolute Gasteiger partial charge is 0.309 e. The predicted octanol–water partition coefficient (Wildman–Crippen LogP) is 16.7. The fourth-order valence-corrected chi connectivity index (χ4v) is 6.54. The van der Waals surface area contributed by atoms with Crippen molar-refractivity contribution in [3.05, 3.63) is 97.2 Å². The van der Waals surface area contributed by atoms with E-state index in [9.17, 15) is 9.59 Å². The number of esters is 2. The normalized spacial score (nSPS) is 13.1. The molecule has 0 aliphatic rings. The summed E-state index contributed by atoms with van der Waals surface area (Å²) in [7, 11) is 0. The first-order valence-corrected chi connectivity index (χ1v) is 24.8. The standard InChI is InChI=1S/C55H92O5/c1-4-7-10-13-16-19-22-24-26-27-28-30-32-35-38-41-44-47-50-58-51-53(60-55(57)49-46-43-40-37-33-21-18-15-12-9-6-3)52-59-54(56)48-45-42-39-36-34-31-29-25-23-20-17-14-11-8-5-2/h7-8,10-11,16-17,19-20,24-26,29,34,36,42,45,53H,4-6,9,12-15,18,21-23,27-28,30-33,35,37-41,43-44,46-52H2,1-3H3/b10-7-,11-8-,19-16-,20-17-,26-24-,29-25-,36-34-,45-42-. The summed E-state index contributed by atoms with van der Waals surface area (Å²) in [5.74, 6) is -0.550. The third kappa shape index (κ3) is 47.5. The summed E-state index contributed by atoms with van der Waals surface area (Å²) in [6.45, 7) is 7.47. The molecule has 1 unspecified atom stereocenters. The molecule has 0 aromatic rings. The van der Waals surface area contributed by atoms with Crippen molar-refractivity contribution in [1.29, 1.82) is 0 Å². The van der Waals surface area contributed by atoms with Crippen LogP contribution in [0.5, 0.6) is 0 Å². The molecule has 0 saturated heterocycles. The van der Waals surface area contributed by atoms with Crippen molar-refractivity contribution in [3.8, 4) is 0 Å². The van der Waals surface area contributed by atoms with Crippen LogP contribution in [0.2, 0.25) is 0 Å². The van der Waals surface area contributed by atoms with Crippen LogP contribution in [-0.2, 0) is 23.8 Å². The van der Waals surface area contributed by atoms with Crippen LogP contribution in [0.1, 0.15) is 213 Å². The van der Waals surface area contributed by atoms with E-state index in [1.807, 2.05) is 12.2 Å². The summed E-state index contributed by atoms with van der Waals surface area (Å²) >= 11 is 0. The van der Waals surface area contributed by atoms with Gasteiger partial charge in [0, 0.05) is 13.0 Å². The van der Waals surface area contributed by atoms with Crippen LogP contribution >= 0.6 is 0 Å². The highest BCUT2D eigenvalue weighted by atomic mass is 16.6. The van der Waals surface area contributed by atoms with Gasteiger partial charge in [0.05, 0.1) is 13.0 Å². The second kappa shape index (κ2) is 50.2. The van der Waals surface area contributed by atoms with Gasteiger partial charge in [-0.15, -0.1) is 0 Å². The molecule has 342 valence electrons. The van der Waals surface area contributed by atoms with Gasteiger partial charge < -0.3 is 14.2 Å². The zero-order valence-corrected chi connectivity index (χ0v) is 39.2. The quantitative estimate of drug-likeness (QED) is 0.0348. The molecular weight excluding hydrogens is 741 g/mol. The molecule has 5 nitrogen and oxygen atoms in total. The zero-order valence-electron chi connectivity index (χ0n) is 39.2. The van der Waals surface area contributed by atoms with E-state index in [1.165, 1.54) is 96.3 Å². The summed E-state index contributed by atoms with van der Waals surface area (Å²) in [6.07, 6.45) is 67.2. The van der Waals surface area contributed by atoms with E-state index in [0.29, 0.717) is 13.0 Å². The Labute approximate surface area is 371 Å². The van der Waals surface area contributed by atoms with Crippen molar-refractivity contribution < 1.29 is 23.8 Å². The van der Waals surface area contributed by atoms with Gasteiger partial charge in [0.25, 0.3) is 0 Å². The summed E-state index contributed by atoms with van der Waals surface area (Å²) in [4.78, 5) is 25.3. The van der Waals surface area contributed by atoms with Crippen LogP contribution in [0.3, 0.4) is 0 Å². The molecule has 0 aromatic heterocycles. The monoisotopic (exact) mass is 833 g/mol. The Hall–Kier alpha value is -3.18. The van der Waals surface area contributed by atoms with Gasteiger partial charge in [-0.1, -0.05) is 221 Å². The van der Waals surface area contributed by atoms with Gasteiger partial charge in [-0.05, 0) is 77.0 Å². The first kappa shape index (κ1) is 56.8. The number of unbranched alkanes of at least 4 members (excludes halogenated alkanes) is 18. The molecule has 0 saturated carbocycles. The van der Waals surface area contributed by atoms with Crippen molar-refractivity contribution >= 4 is 11.9 Å². The van der Waals surface area contributed by atoms with E-state index in [0.717, 1.165) is 83.5 Å². The van der Waals surface area contributed by atoms with Gasteiger partial charge >= 0.3 is 11.9 Å². The van der Waals surface area contributed by atoms with Crippen LogP contribution in [0.4, 0.5) is 0 Å². The minimum atomic E-state index is -0.582. The Morgan fingerprint density at radius 2 is 0.800 bits per heavy atom. The number of carbonyl (C=O) groups is 2. The van der Waals surface area contributed by atoms with Crippen LogP contribution in [0.25, 0.3) is 0 Å². The maximum Gasteiger partial charge on any atom is 0.309 e. The average molecular weight is 833 g/mol. The van der Waals surface area contributed by atoms with Crippen molar-refractivity contribution in [2.45, 2.75) is 219 Å². The molecule has 0 radical (unpaired) electrons. The molecule has 0 N–H and O–H groups in total. The molecule has 0 aromatic carbocycles. The van der Waals surface area contributed by atoms with Gasteiger partial charge in [0.1, 0.15) is 6.61 Å². The topological polar surface area (TPSA) is 61.8 Å². The first-order chi connectivity index (χ1) is 29.6. The second-order valence-corrected chi connectivity index (χ2v) is 16.0. The molecule has 0 rings (SSSR count). The lowest BCUT2D eigenvalue weighted by molar-refractivity contribution is -0.162. The summed E-state index contributed by atoms with van der Waals surface area (Å²) in [5.41, 5.74) is 0. The zero-order chi connectivity index (χ0) is 43.5. The van der Waals surface area contributed by atoms with Crippen LogP contribution < -0.4 is 0 Å². The molecule has 0 aliphatic carbocycles. The lowest BCUT2D eigenvalue weighted by atomic mass is 10.1. The Balaban J connectivity index is 4.37. The SMILES string of the molecule is CC/C=C\C/C=C\C/C=C\C/C=C\C/C=C\CC(=O)OCC(COCCCCCCCCCC/C=C\C/C=C\C/C=C\CC)OC(=O)CCCCCCCCCCCCC. The lowest BCUT2D eigenvalue weighted by Gasteiger charge is -2.18. The highest BCUT2D eigenvalue weighted by molar-refractivity contribution is 5.71. The minimum absolute atomic E-state index is 0.0251. The third-order valence-corrected chi connectivity index (χ3v) is 10.1. The highest BCUT2D eigenvalue weighted by Gasteiger charge is 2.17. The van der Waals surface area contributed by atoms with E-state index < -0.39 is 6.10 Å². The van der Waals surface area contributed by atoms with Crippen LogP contribution in [-0.4, -0.2) is 37.9 Å². The molecule has 0 fully saturated rings. The molecular formula is C55H92O5. The molecule has 0 heterocycles. The summed E-state index contributed by atoms with van der Waals surface area (Å²) < 4.78 is 17.3. The predicted molar refractivity (Wildman–Crippen MR) is 260 cm³/mol. The van der Waals surface area contributed by atoms with Gasteiger partial charge in [-0.3, -0.25) is 9.59 Å². The van der Waals surface area contributed by atoms with Gasteiger partial charge in [0.2, 0.25) is 0 Å². The lowest BCUT2D eigenvalue weighted by Crippen LogP contribution is -2.30. The van der Waals surface area contributed by atoms with Crippen molar-refractivity contribution in [2.75, 3.05) is 19.8 Å². The minimum Gasteiger partial charge on any atom is -0.461 e. The third-order valence-electron chi connectivity index (χ3n) is 10.1. The summed E-state index contributed by atoms with van der Waals surface area (Å²) in [5, 5.41) is 0. The molecule has 0 spiro atoms. The van der Waals surface area contributed by atoms with Crippen molar-refractivity contribution in [2.24, 2.45) is 0 Å². The Morgan fingerprint density at radius 3 is 1.28 bits per heavy atom. The maximum atomic E-state index is 12.7.